The van der Waals surface area contributed by atoms with Gasteiger partial charge in [-0.1, -0.05) is 0 Å². The second-order valence-electron chi connectivity index (χ2n) is 4.55. The Kier molecular flexibility index (Phi) is 3.47. The van der Waals surface area contributed by atoms with Crippen molar-refractivity contribution in [2.45, 2.75) is 20.8 Å². The molecule has 88 valence electrons. The number of hydrogen-bond donors (Lipinski definition) is 0. The highest BCUT2D eigenvalue weighted by molar-refractivity contribution is 6.12. The van der Waals surface area contributed by atoms with Gasteiger partial charge in [-0.2, -0.15) is 0 Å². The SMILES string of the molecule is CC(C)(C)C(=O)OCCN1C(=O)C=CC1=O. The minimum Gasteiger partial charge on any atom is -0.463 e. The Labute approximate surface area is 94.1 Å². The Hall–Kier alpha value is -1.65. The highest BCUT2D eigenvalue weighted by atomic mass is 16.5. The first-order valence-corrected chi connectivity index (χ1v) is 5.03. The van der Waals surface area contributed by atoms with E-state index in [4.69, 9.17) is 4.74 Å². The molecule has 1 heterocycles. The van der Waals surface area contributed by atoms with Crippen molar-refractivity contribution < 1.29 is 19.1 Å². The Balaban J connectivity index is 2.35. The van der Waals surface area contributed by atoms with Crippen molar-refractivity contribution in [3.63, 3.8) is 0 Å². The molecule has 1 aliphatic heterocycles. The zero-order chi connectivity index (χ0) is 12.3. The van der Waals surface area contributed by atoms with Crippen LogP contribution in [0.3, 0.4) is 0 Å². The van der Waals surface area contributed by atoms with Gasteiger partial charge in [0.2, 0.25) is 0 Å². The molecule has 0 N–H and O–H groups in total. The molecule has 0 spiro atoms. The van der Waals surface area contributed by atoms with Gasteiger partial charge in [-0.25, -0.2) is 0 Å². The molecular formula is C11H15NO4. The first-order chi connectivity index (χ1) is 7.32. The van der Waals surface area contributed by atoms with Crippen molar-refractivity contribution in [1.29, 1.82) is 0 Å². The van der Waals surface area contributed by atoms with Crippen LogP contribution in [-0.4, -0.2) is 35.8 Å². The molecular weight excluding hydrogens is 210 g/mol. The van der Waals surface area contributed by atoms with E-state index in [-0.39, 0.29) is 30.9 Å². The lowest BCUT2D eigenvalue weighted by Crippen LogP contribution is -2.34. The molecule has 0 unspecified atom stereocenters. The highest BCUT2D eigenvalue weighted by Crippen LogP contribution is 2.15. The summed E-state index contributed by atoms with van der Waals surface area (Å²) in [6, 6.07) is 0. The lowest BCUT2D eigenvalue weighted by Gasteiger charge is -2.18. The molecule has 5 nitrogen and oxygen atoms in total. The van der Waals surface area contributed by atoms with E-state index in [1.165, 1.54) is 12.2 Å². The lowest BCUT2D eigenvalue weighted by molar-refractivity contribution is -0.155. The second-order valence-corrected chi connectivity index (χ2v) is 4.55. The van der Waals surface area contributed by atoms with E-state index >= 15 is 0 Å². The van der Waals surface area contributed by atoms with Crippen LogP contribution in [0.1, 0.15) is 20.8 Å². The summed E-state index contributed by atoms with van der Waals surface area (Å²) in [4.78, 5) is 34.7. The van der Waals surface area contributed by atoms with Crippen LogP contribution in [0.15, 0.2) is 12.2 Å². The number of imide groups is 1. The first kappa shape index (κ1) is 12.4. The van der Waals surface area contributed by atoms with Crippen molar-refractivity contribution in [1.82, 2.24) is 4.90 Å². The molecule has 0 aromatic heterocycles. The zero-order valence-electron chi connectivity index (χ0n) is 9.65. The molecule has 2 amide bonds. The molecule has 16 heavy (non-hydrogen) atoms. The van der Waals surface area contributed by atoms with Gasteiger partial charge in [-0.3, -0.25) is 19.3 Å². The topological polar surface area (TPSA) is 63.7 Å². The summed E-state index contributed by atoms with van der Waals surface area (Å²) < 4.78 is 4.95. The van der Waals surface area contributed by atoms with E-state index in [1.807, 2.05) is 0 Å². The summed E-state index contributed by atoms with van der Waals surface area (Å²) in [6.45, 7) is 5.36. The third-order valence-corrected chi connectivity index (χ3v) is 2.06. The van der Waals surface area contributed by atoms with Gasteiger partial charge in [0, 0.05) is 12.2 Å². The van der Waals surface area contributed by atoms with Gasteiger partial charge in [0.15, 0.2) is 0 Å². The maximum Gasteiger partial charge on any atom is 0.311 e. The third-order valence-electron chi connectivity index (χ3n) is 2.06. The van der Waals surface area contributed by atoms with E-state index < -0.39 is 5.41 Å². The van der Waals surface area contributed by atoms with Crippen LogP contribution in [0.4, 0.5) is 0 Å². The van der Waals surface area contributed by atoms with Gasteiger partial charge in [0.05, 0.1) is 12.0 Å². The maximum absolute atomic E-state index is 11.4. The third kappa shape index (κ3) is 2.92. The molecule has 0 saturated heterocycles. The number of carbonyl (C=O) groups excluding carboxylic acids is 3. The fourth-order valence-corrected chi connectivity index (χ4v) is 1.10. The summed E-state index contributed by atoms with van der Waals surface area (Å²) in [7, 11) is 0. The fourth-order valence-electron chi connectivity index (χ4n) is 1.10. The minimum absolute atomic E-state index is 0.0370. The van der Waals surface area contributed by atoms with Gasteiger partial charge in [0.1, 0.15) is 6.61 Å². The summed E-state index contributed by atoms with van der Waals surface area (Å²) in [5.74, 6) is -1.08. The number of hydrogen-bond acceptors (Lipinski definition) is 4. The Morgan fingerprint density at radius 1 is 1.25 bits per heavy atom. The molecule has 0 aromatic carbocycles. The maximum atomic E-state index is 11.4. The quantitative estimate of drug-likeness (QED) is 0.518. The van der Waals surface area contributed by atoms with Crippen LogP contribution in [-0.2, 0) is 19.1 Å². The molecule has 0 bridgehead atoms. The van der Waals surface area contributed by atoms with E-state index in [0.717, 1.165) is 4.90 Å². The summed E-state index contributed by atoms with van der Waals surface area (Å²) in [5.41, 5.74) is -0.572. The highest BCUT2D eigenvalue weighted by Gasteiger charge is 2.25. The van der Waals surface area contributed by atoms with Gasteiger partial charge in [-0.15, -0.1) is 0 Å². The normalized spacial score (nSPS) is 15.8. The van der Waals surface area contributed by atoms with Gasteiger partial charge in [-0.05, 0) is 20.8 Å². The molecule has 0 atom stereocenters. The average Bonchev–Trinajstić information content (AvgIpc) is 2.47. The molecule has 0 radical (unpaired) electrons. The molecule has 1 rings (SSSR count). The summed E-state index contributed by atoms with van der Waals surface area (Å²) in [6.07, 6.45) is 2.40. The van der Waals surface area contributed by atoms with Crippen LogP contribution < -0.4 is 0 Å². The van der Waals surface area contributed by atoms with Crippen molar-refractivity contribution in [2.75, 3.05) is 13.2 Å². The van der Waals surface area contributed by atoms with Crippen molar-refractivity contribution in [3.8, 4) is 0 Å². The Morgan fingerprint density at radius 3 is 2.19 bits per heavy atom. The van der Waals surface area contributed by atoms with Crippen molar-refractivity contribution in [3.05, 3.63) is 12.2 Å². The molecule has 0 fully saturated rings. The number of amides is 2. The van der Waals surface area contributed by atoms with Crippen LogP contribution in [0.25, 0.3) is 0 Å². The van der Waals surface area contributed by atoms with Crippen molar-refractivity contribution >= 4 is 17.8 Å². The molecule has 0 aromatic rings. The minimum atomic E-state index is -0.572. The zero-order valence-corrected chi connectivity index (χ0v) is 9.65. The van der Waals surface area contributed by atoms with E-state index in [2.05, 4.69) is 0 Å². The average molecular weight is 225 g/mol. The molecule has 1 aliphatic rings. The van der Waals surface area contributed by atoms with E-state index in [0.29, 0.717) is 0 Å². The summed E-state index contributed by atoms with van der Waals surface area (Å²) in [5, 5.41) is 0. The van der Waals surface area contributed by atoms with Crippen LogP contribution in [0.5, 0.6) is 0 Å². The largest absolute Gasteiger partial charge is 0.463 e. The standard InChI is InChI=1S/C11H15NO4/c1-11(2,3)10(15)16-7-6-12-8(13)4-5-9(12)14/h4-5H,6-7H2,1-3H3. The van der Waals surface area contributed by atoms with Crippen LogP contribution in [0, 0.1) is 5.41 Å². The van der Waals surface area contributed by atoms with Gasteiger partial charge in [0.25, 0.3) is 11.8 Å². The van der Waals surface area contributed by atoms with E-state index in [9.17, 15) is 14.4 Å². The lowest BCUT2D eigenvalue weighted by atomic mass is 9.97. The molecule has 5 heteroatoms. The van der Waals surface area contributed by atoms with Crippen LogP contribution >= 0.6 is 0 Å². The van der Waals surface area contributed by atoms with Gasteiger partial charge >= 0.3 is 5.97 Å². The molecule has 0 saturated carbocycles. The number of ether oxygens (including phenoxy) is 1. The number of rotatable bonds is 3. The van der Waals surface area contributed by atoms with E-state index in [1.54, 1.807) is 20.8 Å². The Bertz CT molecular complexity index is 333. The van der Waals surface area contributed by atoms with Crippen molar-refractivity contribution in [2.24, 2.45) is 5.41 Å². The monoisotopic (exact) mass is 225 g/mol. The van der Waals surface area contributed by atoms with Gasteiger partial charge < -0.3 is 4.74 Å². The van der Waals surface area contributed by atoms with Crippen LogP contribution in [0.2, 0.25) is 0 Å². The number of carbonyl (C=O) groups is 3. The second kappa shape index (κ2) is 4.47. The number of nitrogens with zero attached hydrogens (tertiary/aromatic N) is 1. The predicted octanol–water partition coefficient (Wildman–Crippen LogP) is 0.501. The predicted molar refractivity (Wildman–Crippen MR) is 56.3 cm³/mol. The molecule has 0 aliphatic carbocycles. The Morgan fingerprint density at radius 2 is 1.75 bits per heavy atom. The fraction of sp³-hybridized carbons (Fsp3) is 0.545. The first-order valence-electron chi connectivity index (χ1n) is 5.03. The summed E-state index contributed by atoms with van der Waals surface area (Å²) >= 11 is 0. The number of esters is 1. The smallest absolute Gasteiger partial charge is 0.311 e.